The van der Waals surface area contributed by atoms with Crippen LogP contribution in [0.4, 0.5) is 0 Å². The number of fused-ring (bicyclic) bond motifs is 9. The van der Waals surface area contributed by atoms with E-state index in [-0.39, 0.29) is 0 Å². The highest BCUT2D eigenvalue weighted by Gasteiger charge is 2.46. The van der Waals surface area contributed by atoms with Gasteiger partial charge in [-0.1, -0.05) is 267 Å². The van der Waals surface area contributed by atoms with E-state index in [1.54, 1.807) is 0 Å². The van der Waals surface area contributed by atoms with Crippen LogP contribution in [0, 0.1) is 0 Å². The van der Waals surface area contributed by atoms with Gasteiger partial charge in [0.25, 0.3) is 0 Å². The van der Waals surface area contributed by atoms with Crippen molar-refractivity contribution < 1.29 is 0 Å². The number of aromatic nitrogens is 2. The van der Waals surface area contributed by atoms with Crippen molar-refractivity contribution in [2.75, 3.05) is 0 Å². The van der Waals surface area contributed by atoms with Gasteiger partial charge in [-0.25, -0.2) is 0 Å². The first-order valence-electron chi connectivity index (χ1n) is 30.1. The molecule has 1 aliphatic rings. The minimum absolute atomic E-state index is 0.510. The summed E-state index contributed by atoms with van der Waals surface area (Å²) in [5, 5.41) is 4.95. The molecular formula is C85H56N2. The van der Waals surface area contributed by atoms with Gasteiger partial charge in [-0.15, -0.1) is 0 Å². The molecule has 0 radical (unpaired) electrons. The van der Waals surface area contributed by atoms with Gasteiger partial charge in [-0.2, -0.15) is 0 Å². The molecule has 0 aliphatic heterocycles. The van der Waals surface area contributed by atoms with Gasteiger partial charge in [-0.3, -0.25) is 0 Å². The topological polar surface area (TPSA) is 9.86 Å². The first-order valence-corrected chi connectivity index (χ1v) is 30.1. The average Bonchev–Trinajstić information content (AvgIpc) is 1.64. The molecule has 0 atom stereocenters. The van der Waals surface area contributed by atoms with Crippen molar-refractivity contribution in [2.45, 2.75) is 5.41 Å². The first-order chi connectivity index (χ1) is 43.1. The molecule has 87 heavy (non-hydrogen) atoms. The van der Waals surface area contributed by atoms with E-state index in [4.69, 9.17) is 0 Å². The lowest BCUT2D eigenvalue weighted by Crippen LogP contribution is -2.28. The Hall–Kier alpha value is -11.3. The second-order valence-electron chi connectivity index (χ2n) is 23.2. The van der Waals surface area contributed by atoms with Crippen molar-refractivity contribution >= 4 is 43.6 Å². The maximum Gasteiger partial charge on any atom is 0.0713 e. The smallest absolute Gasteiger partial charge is 0.0713 e. The third-order valence-corrected chi connectivity index (χ3v) is 18.4. The van der Waals surface area contributed by atoms with Crippen LogP contribution >= 0.6 is 0 Å². The van der Waals surface area contributed by atoms with Crippen LogP contribution in [0.15, 0.2) is 340 Å². The molecule has 2 heterocycles. The molecule has 0 saturated heterocycles. The molecule has 17 rings (SSSR count). The summed E-state index contributed by atoms with van der Waals surface area (Å²) in [6.07, 6.45) is 0. The van der Waals surface area contributed by atoms with E-state index < -0.39 is 5.41 Å². The summed E-state index contributed by atoms with van der Waals surface area (Å²) < 4.78 is 4.84. The highest BCUT2D eigenvalue weighted by molar-refractivity contribution is 6.13. The van der Waals surface area contributed by atoms with Gasteiger partial charge >= 0.3 is 0 Å². The van der Waals surface area contributed by atoms with Crippen LogP contribution in [0.3, 0.4) is 0 Å². The van der Waals surface area contributed by atoms with Crippen molar-refractivity contribution in [1.82, 2.24) is 9.13 Å². The molecule has 2 aromatic heterocycles. The Morgan fingerprint density at radius 3 is 0.920 bits per heavy atom. The lowest BCUT2D eigenvalue weighted by atomic mass is 9.67. The summed E-state index contributed by atoms with van der Waals surface area (Å²) in [6, 6.07) is 126. The van der Waals surface area contributed by atoms with E-state index >= 15 is 0 Å². The summed E-state index contributed by atoms with van der Waals surface area (Å²) in [4.78, 5) is 0. The zero-order valence-electron chi connectivity index (χ0n) is 47.7. The van der Waals surface area contributed by atoms with E-state index in [1.807, 2.05) is 0 Å². The van der Waals surface area contributed by atoms with Crippen LogP contribution in [0.1, 0.15) is 22.3 Å². The van der Waals surface area contributed by atoms with E-state index in [0.29, 0.717) is 0 Å². The largest absolute Gasteiger partial charge is 0.309 e. The first kappa shape index (κ1) is 50.2. The highest BCUT2D eigenvalue weighted by Crippen LogP contribution is 2.57. The summed E-state index contributed by atoms with van der Waals surface area (Å²) in [5.41, 5.74) is 28.6. The third kappa shape index (κ3) is 8.25. The van der Waals surface area contributed by atoms with Crippen molar-refractivity contribution in [2.24, 2.45) is 0 Å². The van der Waals surface area contributed by atoms with Crippen molar-refractivity contribution in [3.63, 3.8) is 0 Å². The Morgan fingerprint density at radius 2 is 0.483 bits per heavy atom. The van der Waals surface area contributed by atoms with E-state index in [2.05, 4.69) is 349 Å². The molecule has 16 aromatic rings. The van der Waals surface area contributed by atoms with E-state index in [1.165, 1.54) is 144 Å². The number of hydrogen-bond acceptors (Lipinski definition) is 0. The van der Waals surface area contributed by atoms with Gasteiger partial charge < -0.3 is 9.13 Å². The van der Waals surface area contributed by atoms with Crippen LogP contribution in [-0.4, -0.2) is 9.13 Å². The van der Waals surface area contributed by atoms with Crippen LogP contribution in [0.2, 0.25) is 0 Å². The Labute approximate surface area is 506 Å². The van der Waals surface area contributed by atoms with Gasteiger partial charge in [-0.05, 0) is 173 Å². The minimum atomic E-state index is -0.510. The summed E-state index contributed by atoms with van der Waals surface area (Å²) in [7, 11) is 0. The van der Waals surface area contributed by atoms with Crippen molar-refractivity contribution in [3.05, 3.63) is 362 Å². The summed E-state index contributed by atoms with van der Waals surface area (Å²) in [5.74, 6) is 0. The van der Waals surface area contributed by atoms with Gasteiger partial charge in [0.1, 0.15) is 0 Å². The number of rotatable bonds is 10. The zero-order chi connectivity index (χ0) is 57.4. The molecule has 0 amide bonds. The Kier molecular flexibility index (Phi) is 11.8. The number of benzene rings is 14. The standard InChI is InChI=1S/C85H56N2/c1-3-19-57(20-4-1)63-23-15-27-69(51-63)85(79-35-11-7-31-73(79)74-32-8-12-36-80(74)85)70-28-16-24-64(52-70)61-43-39-59(40-44-61)60-41-45-62(46-42-60)66-26-18-30-72(54-66)87-82-38-14-10-34-76(82)78-56-68(48-50-84(78)87)67-47-49-83-77(55-67)75-33-9-13-37-81(75)86(83)71-29-17-25-65(53-71)58-21-5-2-6-22-58/h1-56H. The number of nitrogens with zero attached hydrogens (tertiary/aromatic N) is 2. The summed E-state index contributed by atoms with van der Waals surface area (Å²) in [6.45, 7) is 0. The monoisotopic (exact) mass is 1100 g/mol. The van der Waals surface area contributed by atoms with Crippen molar-refractivity contribution in [1.29, 1.82) is 0 Å². The maximum atomic E-state index is 2.43. The number of para-hydroxylation sites is 2. The lowest BCUT2D eigenvalue weighted by Gasteiger charge is -2.34. The highest BCUT2D eigenvalue weighted by atomic mass is 15.0. The van der Waals surface area contributed by atoms with Crippen LogP contribution in [0.25, 0.3) is 133 Å². The molecule has 0 spiro atoms. The molecule has 2 nitrogen and oxygen atoms in total. The van der Waals surface area contributed by atoms with Gasteiger partial charge in [0.15, 0.2) is 0 Å². The number of hydrogen-bond donors (Lipinski definition) is 0. The molecule has 0 saturated carbocycles. The Balaban J connectivity index is 0.671. The zero-order valence-corrected chi connectivity index (χ0v) is 47.7. The Morgan fingerprint density at radius 1 is 0.184 bits per heavy atom. The fourth-order valence-electron chi connectivity index (χ4n) is 14.4. The molecule has 0 N–H and O–H groups in total. The predicted octanol–water partition coefficient (Wildman–Crippen LogP) is 22.2. The van der Waals surface area contributed by atoms with Crippen molar-refractivity contribution in [3.8, 4) is 89.3 Å². The molecule has 0 unspecified atom stereocenters. The quantitative estimate of drug-likeness (QED) is 0.129. The SMILES string of the molecule is c1ccc(-c2cccc(-n3c4ccccc4c4cc(-c5ccc6c(c5)c5ccccc5n6-c5cccc(-c6ccc(-c7ccc(-c8cccc(C9(c%10cccc(-c%11ccccc%11)c%10)c%10ccccc%10-c%10ccccc%109)c8)cc7)cc6)c5)ccc43)c2)cc1. The third-order valence-electron chi connectivity index (χ3n) is 18.4. The molecule has 0 bridgehead atoms. The minimum Gasteiger partial charge on any atom is -0.309 e. The fraction of sp³-hybridized carbons (Fsp3) is 0.0118. The molecule has 1 aliphatic carbocycles. The molecule has 0 fully saturated rings. The molecule has 2 heteroatoms. The average molecular weight is 1110 g/mol. The lowest BCUT2D eigenvalue weighted by molar-refractivity contribution is 0.769. The fourth-order valence-corrected chi connectivity index (χ4v) is 14.4. The van der Waals surface area contributed by atoms with Crippen LogP contribution < -0.4 is 0 Å². The van der Waals surface area contributed by atoms with Crippen LogP contribution in [-0.2, 0) is 5.41 Å². The van der Waals surface area contributed by atoms with E-state index in [9.17, 15) is 0 Å². The molecule has 14 aromatic carbocycles. The van der Waals surface area contributed by atoms with E-state index in [0.717, 1.165) is 11.4 Å². The molecular weight excluding hydrogens is 1050 g/mol. The van der Waals surface area contributed by atoms with Gasteiger partial charge in [0.2, 0.25) is 0 Å². The predicted molar refractivity (Wildman–Crippen MR) is 365 cm³/mol. The summed E-state index contributed by atoms with van der Waals surface area (Å²) >= 11 is 0. The van der Waals surface area contributed by atoms with Gasteiger partial charge in [0, 0.05) is 32.9 Å². The Bertz CT molecular complexity index is 5270. The normalized spacial score (nSPS) is 12.5. The second-order valence-corrected chi connectivity index (χ2v) is 23.2. The maximum absolute atomic E-state index is 2.43. The van der Waals surface area contributed by atoms with Gasteiger partial charge in [0.05, 0.1) is 27.5 Å². The molecule has 406 valence electrons. The van der Waals surface area contributed by atoms with Crippen LogP contribution in [0.5, 0.6) is 0 Å². The second kappa shape index (κ2) is 20.5.